The Hall–Kier alpha value is -1.89. The van der Waals surface area contributed by atoms with Crippen LogP contribution in [-0.2, 0) is 9.53 Å². The molecule has 0 aromatic carbocycles. The van der Waals surface area contributed by atoms with Crippen LogP contribution in [0.15, 0.2) is 12.1 Å². The number of halogens is 1. The molecule has 0 saturated carbocycles. The fraction of sp³-hybridized carbons (Fsp3) is 0.333. The van der Waals surface area contributed by atoms with Crippen molar-refractivity contribution in [3.05, 3.63) is 27.4 Å². The number of carbonyl (C=O) groups is 1. The van der Waals surface area contributed by atoms with Gasteiger partial charge in [0.15, 0.2) is 6.61 Å². The maximum Gasteiger partial charge on any atom is 0.344 e. The van der Waals surface area contributed by atoms with Crippen LogP contribution in [0, 0.1) is 10.1 Å². The third-order valence-electron chi connectivity index (χ3n) is 1.63. The van der Waals surface area contributed by atoms with Crippen LogP contribution in [0.4, 0.5) is 5.69 Å². The number of rotatable bonds is 5. The summed E-state index contributed by atoms with van der Waals surface area (Å²) in [5.74, 6) is -0.945. The Labute approximate surface area is 101 Å². The quantitative estimate of drug-likeness (QED) is 0.345. The highest BCUT2D eigenvalue weighted by atomic mass is 35.5. The van der Waals surface area contributed by atoms with Gasteiger partial charge in [0.2, 0.25) is 0 Å². The highest BCUT2D eigenvalue weighted by Crippen LogP contribution is 2.25. The normalized spacial score (nSPS) is 9.76. The van der Waals surface area contributed by atoms with Crippen molar-refractivity contribution in [2.24, 2.45) is 0 Å². The van der Waals surface area contributed by atoms with Gasteiger partial charge < -0.3 is 9.47 Å². The lowest BCUT2D eigenvalue weighted by molar-refractivity contribution is -0.386. The van der Waals surface area contributed by atoms with Crippen LogP contribution in [0.3, 0.4) is 0 Å². The van der Waals surface area contributed by atoms with Crippen molar-refractivity contribution in [1.29, 1.82) is 0 Å². The first-order valence-corrected chi connectivity index (χ1v) is 5.01. The first-order valence-electron chi connectivity index (χ1n) is 4.64. The van der Waals surface area contributed by atoms with E-state index in [2.05, 4.69) is 9.72 Å². The third-order valence-corrected chi connectivity index (χ3v) is 1.85. The zero-order valence-corrected chi connectivity index (χ0v) is 9.64. The average molecular weight is 261 g/mol. The summed E-state index contributed by atoms with van der Waals surface area (Å²) in [6.45, 7) is 1.38. The van der Waals surface area contributed by atoms with Gasteiger partial charge in [0.25, 0.3) is 5.88 Å². The van der Waals surface area contributed by atoms with Crippen molar-refractivity contribution in [2.75, 3.05) is 13.2 Å². The van der Waals surface area contributed by atoms with E-state index in [9.17, 15) is 14.9 Å². The van der Waals surface area contributed by atoms with Gasteiger partial charge in [-0.1, -0.05) is 11.6 Å². The van der Waals surface area contributed by atoms with Crippen LogP contribution < -0.4 is 4.74 Å². The van der Waals surface area contributed by atoms with Crippen molar-refractivity contribution >= 4 is 23.3 Å². The van der Waals surface area contributed by atoms with E-state index >= 15 is 0 Å². The van der Waals surface area contributed by atoms with Gasteiger partial charge in [0.05, 0.1) is 11.5 Å². The Bertz CT molecular complexity index is 437. The summed E-state index contributed by atoms with van der Waals surface area (Å²) < 4.78 is 9.48. The van der Waals surface area contributed by atoms with Gasteiger partial charge in [-0.15, -0.1) is 0 Å². The molecule has 0 unspecified atom stereocenters. The van der Waals surface area contributed by atoms with E-state index in [0.717, 1.165) is 6.07 Å². The zero-order valence-electron chi connectivity index (χ0n) is 8.88. The third kappa shape index (κ3) is 3.87. The van der Waals surface area contributed by atoms with Crippen molar-refractivity contribution in [1.82, 2.24) is 4.98 Å². The van der Waals surface area contributed by atoms with Gasteiger partial charge >= 0.3 is 11.7 Å². The Morgan fingerprint density at radius 3 is 2.88 bits per heavy atom. The maximum atomic E-state index is 11.0. The van der Waals surface area contributed by atoms with Gasteiger partial charge in [-0.2, -0.15) is 4.98 Å². The zero-order chi connectivity index (χ0) is 12.8. The largest absolute Gasteiger partial charge is 0.463 e. The minimum atomic E-state index is -0.677. The fourth-order valence-corrected chi connectivity index (χ4v) is 1.13. The number of aromatic nitrogens is 1. The van der Waals surface area contributed by atoms with Crippen molar-refractivity contribution in [2.45, 2.75) is 6.92 Å². The number of pyridine rings is 1. The number of nitro groups is 1. The molecule has 0 atom stereocenters. The Morgan fingerprint density at radius 2 is 2.29 bits per heavy atom. The van der Waals surface area contributed by atoms with Crippen molar-refractivity contribution in [3.8, 4) is 5.88 Å². The van der Waals surface area contributed by atoms with Gasteiger partial charge in [-0.3, -0.25) is 10.1 Å². The SMILES string of the molecule is CCOC(=O)COc1nc(Cl)ccc1[N+](=O)[O-]. The average Bonchev–Trinajstić information content (AvgIpc) is 2.26. The molecule has 0 aliphatic carbocycles. The van der Waals surface area contributed by atoms with Gasteiger partial charge in [0, 0.05) is 6.07 Å². The molecule has 0 saturated heterocycles. The first kappa shape index (κ1) is 13.2. The first-order chi connectivity index (χ1) is 8.04. The van der Waals surface area contributed by atoms with Crippen LogP contribution in [-0.4, -0.2) is 29.1 Å². The Balaban J connectivity index is 2.78. The molecule has 1 rings (SSSR count). The molecule has 0 spiro atoms. The molecular formula is C9H9ClN2O5. The monoisotopic (exact) mass is 260 g/mol. The molecule has 0 fully saturated rings. The van der Waals surface area contributed by atoms with Crippen LogP contribution in [0.25, 0.3) is 0 Å². The van der Waals surface area contributed by atoms with Crippen LogP contribution in [0.2, 0.25) is 5.15 Å². The minimum Gasteiger partial charge on any atom is -0.463 e. The predicted molar refractivity (Wildman–Crippen MR) is 58.0 cm³/mol. The molecule has 0 aliphatic rings. The maximum absolute atomic E-state index is 11.0. The number of hydrogen-bond acceptors (Lipinski definition) is 6. The van der Waals surface area contributed by atoms with Crippen LogP contribution in [0.1, 0.15) is 6.92 Å². The van der Waals surface area contributed by atoms with E-state index in [-0.39, 0.29) is 23.3 Å². The highest BCUT2D eigenvalue weighted by molar-refractivity contribution is 6.29. The molecule has 0 aliphatic heterocycles. The molecule has 0 amide bonds. The molecule has 8 heteroatoms. The number of esters is 1. The molecule has 17 heavy (non-hydrogen) atoms. The summed E-state index contributed by atoms with van der Waals surface area (Å²) in [7, 11) is 0. The van der Waals surface area contributed by atoms with E-state index < -0.39 is 17.5 Å². The number of hydrogen-bond donors (Lipinski definition) is 0. The summed E-state index contributed by atoms with van der Waals surface area (Å²) >= 11 is 5.57. The Morgan fingerprint density at radius 1 is 1.59 bits per heavy atom. The number of nitrogens with zero attached hydrogens (tertiary/aromatic N) is 2. The highest BCUT2D eigenvalue weighted by Gasteiger charge is 2.18. The topological polar surface area (TPSA) is 91.6 Å². The van der Waals surface area contributed by atoms with Gasteiger partial charge in [0.1, 0.15) is 5.15 Å². The van der Waals surface area contributed by atoms with Crippen molar-refractivity contribution < 1.29 is 19.2 Å². The van der Waals surface area contributed by atoms with E-state index in [1.54, 1.807) is 6.92 Å². The molecular weight excluding hydrogens is 252 g/mol. The van der Waals surface area contributed by atoms with E-state index in [4.69, 9.17) is 16.3 Å². The van der Waals surface area contributed by atoms with Crippen molar-refractivity contribution in [3.63, 3.8) is 0 Å². The standard InChI is InChI=1S/C9H9ClN2O5/c1-2-16-8(13)5-17-9-6(12(14)15)3-4-7(10)11-9/h3-4H,2,5H2,1H3. The van der Waals surface area contributed by atoms with Crippen LogP contribution >= 0.6 is 11.6 Å². The van der Waals surface area contributed by atoms with Gasteiger partial charge in [-0.05, 0) is 13.0 Å². The van der Waals surface area contributed by atoms with Crippen LogP contribution in [0.5, 0.6) is 5.88 Å². The van der Waals surface area contributed by atoms with Gasteiger partial charge in [-0.25, -0.2) is 4.79 Å². The van der Waals surface area contributed by atoms with E-state index in [1.807, 2.05) is 0 Å². The lowest BCUT2D eigenvalue weighted by Crippen LogP contribution is -2.15. The molecule has 1 heterocycles. The predicted octanol–water partition coefficient (Wildman–Crippen LogP) is 1.59. The molecule has 7 nitrogen and oxygen atoms in total. The molecule has 1 aromatic heterocycles. The molecule has 0 radical (unpaired) electrons. The number of carbonyl (C=O) groups excluding carboxylic acids is 1. The van der Waals surface area contributed by atoms with E-state index in [0.29, 0.717) is 0 Å². The molecule has 0 N–H and O–H groups in total. The minimum absolute atomic E-state index is 0.0365. The smallest absolute Gasteiger partial charge is 0.344 e. The summed E-state index contributed by atoms with van der Waals surface area (Å²) in [6, 6.07) is 2.41. The lowest BCUT2D eigenvalue weighted by atomic mass is 10.4. The summed E-state index contributed by atoms with van der Waals surface area (Å²) in [4.78, 5) is 24.6. The second-order valence-electron chi connectivity index (χ2n) is 2.81. The summed E-state index contributed by atoms with van der Waals surface area (Å²) in [5, 5.41) is 10.7. The summed E-state index contributed by atoms with van der Waals surface area (Å²) in [6.07, 6.45) is 0. The number of ether oxygens (including phenoxy) is 2. The molecule has 92 valence electrons. The summed E-state index contributed by atoms with van der Waals surface area (Å²) in [5.41, 5.74) is -0.362. The molecule has 0 bridgehead atoms. The second kappa shape index (κ2) is 6.00. The van der Waals surface area contributed by atoms with E-state index in [1.165, 1.54) is 6.07 Å². The lowest BCUT2D eigenvalue weighted by Gasteiger charge is -2.05. The fourth-order valence-electron chi connectivity index (χ4n) is 0.986. The second-order valence-corrected chi connectivity index (χ2v) is 3.20. The Kier molecular flexibility index (Phi) is 4.65. The molecule has 1 aromatic rings.